The SMILES string of the molecule is NC(=O)N1CCC(N2CCCC2=O)C1. The van der Waals surface area contributed by atoms with E-state index in [4.69, 9.17) is 5.73 Å². The van der Waals surface area contributed by atoms with Crippen LogP contribution in [0.5, 0.6) is 0 Å². The fourth-order valence-corrected chi connectivity index (χ4v) is 2.25. The number of likely N-dealkylation sites (tertiary alicyclic amines) is 2. The van der Waals surface area contributed by atoms with Crippen molar-refractivity contribution in [2.75, 3.05) is 19.6 Å². The lowest BCUT2D eigenvalue weighted by molar-refractivity contribution is -0.129. The molecular formula is C9H15N3O2. The minimum Gasteiger partial charge on any atom is -0.351 e. The van der Waals surface area contributed by atoms with Crippen LogP contribution in [-0.2, 0) is 4.79 Å². The molecule has 2 N–H and O–H groups in total. The Morgan fingerprint density at radius 2 is 2.21 bits per heavy atom. The summed E-state index contributed by atoms with van der Waals surface area (Å²) in [5.74, 6) is 0.223. The summed E-state index contributed by atoms with van der Waals surface area (Å²) < 4.78 is 0. The Labute approximate surface area is 82.8 Å². The predicted octanol–water partition coefficient (Wildman–Crippen LogP) is -0.238. The molecular weight excluding hydrogens is 182 g/mol. The Morgan fingerprint density at radius 1 is 1.43 bits per heavy atom. The molecule has 2 rings (SSSR count). The third-order valence-electron chi connectivity index (χ3n) is 3.03. The van der Waals surface area contributed by atoms with Crippen LogP contribution in [0.4, 0.5) is 4.79 Å². The number of hydrogen-bond acceptors (Lipinski definition) is 2. The van der Waals surface area contributed by atoms with Crippen LogP contribution in [0.2, 0.25) is 0 Å². The highest BCUT2D eigenvalue weighted by atomic mass is 16.2. The van der Waals surface area contributed by atoms with Gasteiger partial charge in [-0.1, -0.05) is 0 Å². The average Bonchev–Trinajstić information content (AvgIpc) is 2.71. The Balaban J connectivity index is 1.95. The van der Waals surface area contributed by atoms with Gasteiger partial charge < -0.3 is 15.5 Å². The van der Waals surface area contributed by atoms with Crippen molar-refractivity contribution in [3.05, 3.63) is 0 Å². The summed E-state index contributed by atoms with van der Waals surface area (Å²) in [6.07, 6.45) is 2.48. The third kappa shape index (κ3) is 1.54. The van der Waals surface area contributed by atoms with E-state index >= 15 is 0 Å². The van der Waals surface area contributed by atoms with Gasteiger partial charge in [0.25, 0.3) is 0 Å². The van der Waals surface area contributed by atoms with Gasteiger partial charge in [0.2, 0.25) is 5.91 Å². The number of urea groups is 1. The van der Waals surface area contributed by atoms with E-state index in [2.05, 4.69) is 0 Å². The van der Waals surface area contributed by atoms with Crippen LogP contribution in [0.3, 0.4) is 0 Å². The quantitative estimate of drug-likeness (QED) is 0.630. The summed E-state index contributed by atoms with van der Waals surface area (Å²) in [6.45, 7) is 2.14. The minimum absolute atomic E-state index is 0.206. The van der Waals surface area contributed by atoms with Crippen molar-refractivity contribution in [2.45, 2.75) is 25.3 Å². The molecule has 0 aromatic rings. The Kier molecular flexibility index (Phi) is 2.31. The molecule has 2 aliphatic heterocycles. The second-order valence-corrected chi connectivity index (χ2v) is 3.92. The first kappa shape index (κ1) is 9.30. The highest BCUT2D eigenvalue weighted by Gasteiger charge is 2.33. The van der Waals surface area contributed by atoms with Crippen molar-refractivity contribution in [1.29, 1.82) is 0 Å². The highest BCUT2D eigenvalue weighted by molar-refractivity contribution is 5.79. The topological polar surface area (TPSA) is 66.6 Å². The molecule has 0 aliphatic carbocycles. The maximum atomic E-state index is 11.4. The second kappa shape index (κ2) is 3.48. The summed E-state index contributed by atoms with van der Waals surface area (Å²) in [4.78, 5) is 25.8. The van der Waals surface area contributed by atoms with Crippen LogP contribution in [0.25, 0.3) is 0 Å². The molecule has 1 unspecified atom stereocenters. The fourth-order valence-electron chi connectivity index (χ4n) is 2.25. The van der Waals surface area contributed by atoms with Gasteiger partial charge in [-0.3, -0.25) is 4.79 Å². The molecule has 78 valence electrons. The van der Waals surface area contributed by atoms with Crippen molar-refractivity contribution in [2.24, 2.45) is 5.73 Å². The number of nitrogens with two attached hydrogens (primary N) is 1. The fraction of sp³-hybridized carbons (Fsp3) is 0.778. The molecule has 5 heteroatoms. The smallest absolute Gasteiger partial charge is 0.314 e. The van der Waals surface area contributed by atoms with Gasteiger partial charge in [0.1, 0.15) is 0 Å². The molecule has 2 saturated heterocycles. The molecule has 1 atom stereocenters. The number of primary amides is 1. The maximum absolute atomic E-state index is 11.4. The Bertz CT molecular complexity index is 267. The van der Waals surface area contributed by atoms with Gasteiger partial charge in [0.15, 0.2) is 0 Å². The number of hydrogen-bond donors (Lipinski definition) is 1. The summed E-state index contributed by atoms with van der Waals surface area (Å²) in [5.41, 5.74) is 5.18. The van der Waals surface area contributed by atoms with Crippen LogP contribution < -0.4 is 5.73 Å². The van der Waals surface area contributed by atoms with E-state index in [1.807, 2.05) is 4.90 Å². The van der Waals surface area contributed by atoms with Crippen LogP contribution in [0.15, 0.2) is 0 Å². The van der Waals surface area contributed by atoms with Gasteiger partial charge >= 0.3 is 6.03 Å². The molecule has 0 aromatic carbocycles. The molecule has 14 heavy (non-hydrogen) atoms. The van der Waals surface area contributed by atoms with Crippen LogP contribution in [0.1, 0.15) is 19.3 Å². The maximum Gasteiger partial charge on any atom is 0.314 e. The number of carbonyl (C=O) groups is 2. The molecule has 5 nitrogen and oxygen atoms in total. The van der Waals surface area contributed by atoms with Crippen LogP contribution in [-0.4, -0.2) is 47.4 Å². The Morgan fingerprint density at radius 3 is 2.71 bits per heavy atom. The molecule has 0 aromatic heterocycles. The van der Waals surface area contributed by atoms with E-state index in [0.717, 1.165) is 19.4 Å². The number of carbonyl (C=O) groups excluding carboxylic acids is 2. The van der Waals surface area contributed by atoms with E-state index in [1.165, 1.54) is 0 Å². The zero-order valence-corrected chi connectivity index (χ0v) is 8.11. The summed E-state index contributed by atoms with van der Waals surface area (Å²) in [5, 5.41) is 0. The largest absolute Gasteiger partial charge is 0.351 e. The lowest BCUT2D eigenvalue weighted by atomic mass is 10.2. The van der Waals surface area contributed by atoms with Crippen molar-refractivity contribution in [3.8, 4) is 0 Å². The van der Waals surface area contributed by atoms with Crippen LogP contribution in [0, 0.1) is 0 Å². The van der Waals surface area contributed by atoms with E-state index in [0.29, 0.717) is 19.5 Å². The molecule has 2 heterocycles. The molecule has 2 aliphatic rings. The van der Waals surface area contributed by atoms with E-state index < -0.39 is 0 Å². The summed E-state index contributed by atoms with van der Waals surface area (Å²) in [6, 6.07) is -0.170. The first-order valence-corrected chi connectivity index (χ1v) is 5.02. The Hall–Kier alpha value is -1.26. The summed E-state index contributed by atoms with van der Waals surface area (Å²) >= 11 is 0. The number of nitrogens with zero attached hydrogens (tertiary/aromatic N) is 2. The van der Waals surface area contributed by atoms with Crippen molar-refractivity contribution in [1.82, 2.24) is 9.80 Å². The lowest BCUT2D eigenvalue weighted by Gasteiger charge is -2.23. The van der Waals surface area contributed by atoms with Gasteiger partial charge in [-0.15, -0.1) is 0 Å². The van der Waals surface area contributed by atoms with Gasteiger partial charge in [0, 0.05) is 26.1 Å². The van der Waals surface area contributed by atoms with Crippen molar-refractivity contribution in [3.63, 3.8) is 0 Å². The summed E-state index contributed by atoms with van der Waals surface area (Å²) in [7, 11) is 0. The standard InChI is InChI=1S/C9H15N3O2/c10-9(14)11-5-3-7(6-11)12-4-1-2-8(12)13/h7H,1-6H2,(H2,10,14). The normalized spacial score (nSPS) is 27.4. The molecule has 2 fully saturated rings. The van der Waals surface area contributed by atoms with Gasteiger partial charge in [-0.2, -0.15) is 0 Å². The van der Waals surface area contributed by atoms with Crippen molar-refractivity contribution >= 4 is 11.9 Å². The zero-order valence-electron chi connectivity index (χ0n) is 8.11. The average molecular weight is 197 g/mol. The molecule has 0 radical (unpaired) electrons. The van der Waals surface area contributed by atoms with Crippen LogP contribution >= 0.6 is 0 Å². The van der Waals surface area contributed by atoms with Crippen molar-refractivity contribution < 1.29 is 9.59 Å². The number of amides is 3. The minimum atomic E-state index is -0.376. The molecule has 0 bridgehead atoms. The number of rotatable bonds is 1. The van der Waals surface area contributed by atoms with Gasteiger partial charge in [-0.05, 0) is 12.8 Å². The molecule has 0 spiro atoms. The predicted molar refractivity (Wildman–Crippen MR) is 50.5 cm³/mol. The molecule has 0 saturated carbocycles. The van der Waals surface area contributed by atoms with E-state index in [-0.39, 0.29) is 18.0 Å². The third-order valence-corrected chi connectivity index (χ3v) is 3.03. The second-order valence-electron chi connectivity index (χ2n) is 3.92. The highest BCUT2D eigenvalue weighted by Crippen LogP contribution is 2.20. The lowest BCUT2D eigenvalue weighted by Crippen LogP contribution is -2.40. The molecule has 3 amide bonds. The first-order valence-electron chi connectivity index (χ1n) is 5.02. The van der Waals surface area contributed by atoms with Gasteiger partial charge in [-0.25, -0.2) is 4.79 Å². The monoisotopic (exact) mass is 197 g/mol. The zero-order chi connectivity index (χ0) is 10.1. The van der Waals surface area contributed by atoms with E-state index in [1.54, 1.807) is 4.90 Å². The van der Waals surface area contributed by atoms with E-state index in [9.17, 15) is 9.59 Å². The van der Waals surface area contributed by atoms with Gasteiger partial charge in [0.05, 0.1) is 6.04 Å². The first-order chi connectivity index (χ1) is 6.68.